The van der Waals surface area contributed by atoms with E-state index in [0.717, 1.165) is 50.5 Å². The zero-order valence-electron chi connectivity index (χ0n) is 27.9. The Morgan fingerprint density at radius 1 is 0.569 bits per heavy atom. The number of aliphatic imine (C=N–C) groups is 2. The molecule has 0 atom stereocenters. The monoisotopic (exact) mass is 655 g/mol. The highest BCUT2D eigenvalue weighted by Crippen LogP contribution is 2.41. The number of hydrogen-bond acceptors (Lipinski definition) is 3. The highest BCUT2D eigenvalue weighted by molar-refractivity contribution is 6.20. The van der Waals surface area contributed by atoms with Gasteiger partial charge in [-0.25, -0.2) is 0 Å². The summed E-state index contributed by atoms with van der Waals surface area (Å²) in [5.41, 5.74) is 12.5. The Morgan fingerprint density at radius 3 is 2.04 bits per heavy atom. The SMILES string of the molecule is C=N/C(=C1/Oc2ccc(-c3cccc(-c4cccc5c6ccccc6n(-c6ccccc6)c45)c3)cc2C1=NCc1ccccc1)c1ccccc1. The molecule has 0 spiro atoms. The highest BCUT2D eigenvalue weighted by Gasteiger charge is 2.29. The van der Waals surface area contributed by atoms with Crippen LogP contribution in [0.25, 0.3) is 55.4 Å². The van der Waals surface area contributed by atoms with E-state index in [9.17, 15) is 0 Å². The summed E-state index contributed by atoms with van der Waals surface area (Å²) in [5.74, 6) is 1.37. The van der Waals surface area contributed by atoms with Gasteiger partial charge in [0, 0.05) is 33.2 Å². The minimum atomic E-state index is 0.515. The largest absolute Gasteiger partial charge is 0.452 e. The van der Waals surface area contributed by atoms with Crippen molar-refractivity contribution in [3.8, 4) is 33.7 Å². The molecular formula is C47H33N3O. The fourth-order valence-corrected chi connectivity index (χ4v) is 7.19. The van der Waals surface area contributed by atoms with Crippen LogP contribution >= 0.6 is 0 Å². The Morgan fingerprint density at radius 2 is 1.24 bits per heavy atom. The Kier molecular flexibility index (Phi) is 7.67. The van der Waals surface area contributed by atoms with Crippen LogP contribution in [0.5, 0.6) is 5.75 Å². The summed E-state index contributed by atoms with van der Waals surface area (Å²) in [6.07, 6.45) is 0. The van der Waals surface area contributed by atoms with Gasteiger partial charge in [0.1, 0.15) is 17.2 Å². The van der Waals surface area contributed by atoms with Crippen molar-refractivity contribution >= 4 is 39.9 Å². The number of benzene rings is 7. The molecule has 4 heteroatoms. The van der Waals surface area contributed by atoms with Crippen LogP contribution in [-0.2, 0) is 6.54 Å². The summed E-state index contributed by atoms with van der Waals surface area (Å²) in [6, 6.07) is 61.4. The smallest absolute Gasteiger partial charge is 0.179 e. The van der Waals surface area contributed by atoms with Crippen molar-refractivity contribution in [1.82, 2.24) is 4.57 Å². The third-order valence-corrected chi connectivity index (χ3v) is 9.56. The molecule has 0 radical (unpaired) electrons. The topological polar surface area (TPSA) is 38.9 Å². The van der Waals surface area contributed by atoms with Crippen molar-refractivity contribution in [2.75, 3.05) is 0 Å². The van der Waals surface area contributed by atoms with Gasteiger partial charge in [-0.05, 0) is 65.4 Å². The number of rotatable bonds is 7. The predicted molar refractivity (Wildman–Crippen MR) is 212 cm³/mol. The number of nitrogens with zero attached hydrogens (tertiary/aromatic N) is 3. The zero-order chi connectivity index (χ0) is 34.1. The minimum Gasteiger partial charge on any atom is -0.452 e. The first-order valence-corrected chi connectivity index (χ1v) is 17.1. The molecule has 7 aromatic carbocycles. The molecule has 1 aliphatic rings. The van der Waals surface area contributed by atoms with E-state index in [1.165, 1.54) is 27.4 Å². The van der Waals surface area contributed by atoms with E-state index in [2.05, 4.69) is 138 Å². The number of allylic oxidation sites excluding steroid dienone is 1. The van der Waals surface area contributed by atoms with Gasteiger partial charge in [0.25, 0.3) is 0 Å². The first kappa shape index (κ1) is 30.3. The molecule has 1 aromatic heterocycles. The molecule has 0 fully saturated rings. The van der Waals surface area contributed by atoms with E-state index < -0.39 is 0 Å². The maximum atomic E-state index is 6.54. The number of fused-ring (bicyclic) bond motifs is 4. The van der Waals surface area contributed by atoms with Gasteiger partial charge in [-0.1, -0.05) is 140 Å². The van der Waals surface area contributed by atoms with Gasteiger partial charge in [0.05, 0.1) is 17.6 Å². The molecular weight excluding hydrogens is 623 g/mol. The molecule has 0 saturated carbocycles. The normalized spacial score (nSPS) is 14.1. The lowest BCUT2D eigenvalue weighted by Crippen LogP contribution is -2.05. The van der Waals surface area contributed by atoms with Gasteiger partial charge in [-0.3, -0.25) is 9.98 Å². The van der Waals surface area contributed by atoms with Crippen molar-refractivity contribution in [1.29, 1.82) is 0 Å². The van der Waals surface area contributed by atoms with Crippen molar-refractivity contribution < 1.29 is 4.74 Å². The number of ether oxygens (including phenoxy) is 1. The molecule has 51 heavy (non-hydrogen) atoms. The van der Waals surface area contributed by atoms with Crippen molar-refractivity contribution in [3.05, 3.63) is 198 Å². The standard InChI is InChI=1S/C47H33N3O/c1-48-44(33-17-7-3-8-18-33)47-45(49-31-32-15-5-2-6-16-32)41-30-35(27-28-43(41)51-47)34-19-13-20-36(29-34)38-24-14-25-40-39-23-11-12-26-42(39)50(46(38)40)37-21-9-4-10-22-37/h2-30H,1,31H2/b47-44+,49-45?. The Bertz CT molecular complexity index is 2630. The summed E-state index contributed by atoms with van der Waals surface area (Å²) in [6.45, 7) is 4.43. The van der Waals surface area contributed by atoms with Gasteiger partial charge in [0.2, 0.25) is 0 Å². The van der Waals surface area contributed by atoms with Crippen LogP contribution in [0.1, 0.15) is 16.7 Å². The van der Waals surface area contributed by atoms with Crippen LogP contribution in [0.3, 0.4) is 0 Å². The molecule has 8 aromatic rings. The van der Waals surface area contributed by atoms with Crippen LogP contribution < -0.4 is 4.74 Å². The van der Waals surface area contributed by atoms with E-state index in [4.69, 9.17) is 9.73 Å². The summed E-state index contributed by atoms with van der Waals surface area (Å²) < 4.78 is 8.93. The van der Waals surface area contributed by atoms with Gasteiger partial charge in [0.15, 0.2) is 5.76 Å². The molecule has 0 unspecified atom stereocenters. The molecule has 2 heterocycles. The summed E-state index contributed by atoms with van der Waals surface area (Å²) in [5, 5.41) is 2.47. The lowest BCUT2D eigenvalue weighted by molar-refractivity contribution is 0.470. The average molecular weight is 656 g/mol. The lowest BCUT2D eigenvalue weighted by Gasteiger charge is -2.13. The second kappa shape index (κ2) is 12.9. The van der Waals surface area contributed by atoms with Crippen molar-refractivity contribution in [2.24, 2.45) is 9.98 Å². The van der Waals surface area contributed by atoms with Crippen molar-refractivity contribution in [2.45, 2.75) is 6.54 Å². The fourth-order valence-electron chi connectivity index (χ4n) is 7.19. The molecule has 242 valence electrons. The van der Waals surface area contributed by atoms with E-state index in [1.54, 1.807) is 0 Å². The molecule has 1 aliphatic heterocycles. The van der Waals surface area contributed by atoms with E-state index in [0.29, 0.717) is 18.0 Å². The molecule has 0 bridgehead atoms. The predicted octanol–water partition coefficient (Wildman–Crippen LogP) is 11.6. The van der Waals surface area contributed by atoms with Crippen LogP contribution in [0.2, 0.25) is 0 Å². The third kappa shape index (κ3) is 5.44. The van der Waals surface area contributed by atoms with E-state index in [-0.39, 0.29) is 0 Å². The third-order valence-electron chi connectivity index (χ3n) is 9.56. The van der Waals surface area contributed by atoms with Crippen molar-refractivity contribution in [3.63, 3.8) is 0 Å². The Labute approximate surface area is 297 Å². The van der Waals surface area contributed by atoms with Crippen LogP contribution in [-0.4, -0.2) is 17.0 Å². The minimum absolute atomic E-state index is 0.515. The van der Waals surface area contributed by atoms with Crippen LogP contribution in [0.4, 0.5) is 0 Å². The first-order valence-electron chi connectivity index (χ1n) is 17.1. The number of aromatic nitrogens is 1. The first-order chi connectivity index (χ1) is 25.3. The summed E-state index contributed by atoms with van der Waals surface area (Å²) in [4.78, 5) is 9.59. The fraction of sp³-hybridized carbons (Fsp3) is 0.0213. The van der Waals surface area contributed by atoms with Crippen LogP contribution in [0, 0.1) is 0 Å². The van der Waals surface area contributed by atoms with Crippen LogP contribution in [0.15, 0.2) is 192 Å². The second-order valence-electron chi connectivity index (χ2n) is 12.6. The zero-order valence-corrected chi connectivity index (χ0v) is 27.9. The maximum absolute atomic E-state index is 6.54. The Balaban J connectivity index is 1.18. The maximum Gasteiger partial charge on any atom is 0.179 e. The quantitative estimate of drug-likeness (QED) is 0.158. The molecule has 0 amide bonds. The average Bonchev–Trinajstić information content (AvgIpc) is 3.74. The summed E-state index contributed by atoms with van der Waals surface area (Å²) >= 11 is 0. The van der Waals surface area contributed by atoms with E-state index in [1.807, 2.05) is 54.6 Å². The second-order valence-corrected chi connectivity index (χ2v) is 12.6. The lowest BCUT2D eigenvalue weighted by atomic mass is 9.95. The van der Waals surface area contributed by atoms with E-state index >= 15 is 0 Å². The Hall–Kier alpha value is -6.78. The molecule has 4 nitrogen and oxygen atoms in total. The number of para-hydroxylation sites is 3. The van der Waals surface area contributed by atoms with Gasteiger partial charge in [-0.2, -0.15) is 0 Å². The summed E-state index contributed by atoms with van der Waals surface area (Å²) in [7, 11) is 0. The number of hydrogen-bond donors (Lipinski definition) is 0. The molecule has 9 rings (SSSR count). The molecule has 0 N–H and O–H groups in total. The van der Waals surface area contributed by atoms with Gasteiger partial charge < -0.3 is 9.30 Å². The molecule has 0 saturated heterocycles. The van der Waals surface area contributed by atoms with Gasteiger partial charge in [-0.15, -0.1) is 0 Å². The van der Waals surface area contributed by atoms with Gasteiger partial charge >= 0.3 is 0 Å². The highest BCUT2D eigenvalue weighted by atomic mass is 16.5. The molecule has 0 aliphatic carbocycles.